The molecule has 0 fully saturated rings. The molecule has 0 saturated heterocycles. The lowest BCUT2D eigenvalue weighted by atomic mass is 10.1. The fourth-order valence-corrected chi connectivity index (χ4v) is 0.632. The van der Waals surface area contributed by atoms with Crippen molar-refractivity contribution in [2.45, 2.75) is 32.9 Å². The van der Waals surface area contributed by atoms with Gasteiger partial charge in [0.2, 0.25) is 0 Å². The maximum absolute atomic E-state index is 12.4. The van der Waals surface area contributed by atoms with Gasteiger partial charge in [0.1, 0.15) is 6.17 Å². The van der Waals surface area contributed by atoms with E-state index in [1.165, 1.54) is 0 Å². The minimum Gasteiger partial charge on any atom is -0.328 e. The molecule has 0 aromatic heterocycles. The molecule has 0 aromatic carbocycles. The van der Waals surface area contributed by atoms with E-state index < -0.39 is 6.17 Å². The summed E-state index contributed by atoms with van der Waals surface area (Å²) in [5.41, 5.74) is 5.08. The average molecular weight is 133 g/mol. The second-order valence-electron chi connectivity index (χ2n) is 2.80. The Balaban J connectivity index is 3.06. The number of nitrogens with two attached hydrogens (primary N) is 1. The van der Waals surface area contributed by atoms with E-state index in [9.17, 15) is 4.39 Å². The normalized spacial score (nSPS) is 14.3. The highest BCUT2D eigenvalue weighted by Crippen LogP contribution is 2.07. The van der Waals surface area contributed by atoms with Crippen molar-refractivity contribution in [3.63, 3.8) is 0 Å². The number of hydrogen-bond acceptors (Lipinski definition) is 1. The summed E-state index contributed by atoms with van der Waals surface area (Å²) in [6.07, 6.45) is 0.777. The molecule has 9 heavy (non-hydrogen) atoms. The molecule has 0 bridgehead atoms. The van der Waals surface area contributed by atoms with E-state index in [-0.39, 0.29) is 6.54 Å². The van der Waals surface area contributed by atoms with Crippen LogP contribution in [0, 0.1) is 5.92 Å². The molecular weight excluding hydrogens is 117 g/mol. The lowest BCUT2D eigenvalue weighted by molar-refractivity contribution is 0.302. The van der Waals surface area contributed by atoms with Crippen molar-refractivity contribution < 1.29 is 4.39 Å². The number of halogens is 1. The SMILES string of the molecule is CC(C)CC[C@@H](F)CN. The van der Waals surface area contributed by atoms with Crippen molar-refractivity contribution in [3.05, 3.63) is 0 Å². The third-order valence-electron chi connectivity index (χ3n) is 1.31. The molecule has 1 nitrogen and oxygen atoms in total. The van der Waals surface area contributed by atoms with Crippen LogP contribution < -0.4 is 5.73 Å². The zero-order valence-corrected chi connectivity index (χ0v) is 6.23. The Labute approximate surface area is 56.4 Å². The van der Waals surface area contributed by atoms with Crippen molar-refractivity contribution in [1.29, 1.82) is 0 Å². The molecule has 0 saturated carbocycles. The van der Waals surface area contributed by atoms with Gasteiger partial charge in [0.05, 0.1) is 0 Å². The van der Waals surface area contributed by atoms with Gasteiger partial charge < -0.3 is 5.73 Å². The van der Waals surface area contributed by atoms with Gasteiger partial charge >= 0.3 is 0 Å². The highest BCUT2D eigenvalue weighted by Gasteiger charge is 2.03. The summed E-state index contributed by atoms with van der Waals surface area (Å²) in [7, 11) is 0. The van der Waals surface area contributed by atoms with E-state index in [0.29, 0.717) is 12.3 Å². The molecule has 0 radical (unpaired) electrons. The first-order valence-corrected chi connectivity index (χ1v) is 3.51. The minimum absolute atomic E-state index is 0.173. The van der Waals surface area contributed by atoms with Crippen LogP contribution in [-0.4, -0.2) is 12.7 Å². The Morgan fingerprint density at radius 2 is 1.89 bits per heavy atom. The molecule has 0 amide bonds. The molecule has 0 spiro atoms. The van der Waals surface area contributed by atoms with Crippen LogP contribution in [-0.2, 0) is 0 Å². The first-order chi connectivity index (χ1) is 4.16. The van der Waals surface area contributed by atoms with Gasteiger partial charge in [-0.15, -0.1) is 0 Å². The second-order valence-corrected chi connectivity index (χ2v) is 2.80. The van der Waals surface area contributed by atoms with Gasteiger partial charge in [-0.2, -0.15) is 0 Å². The van der Waals surface area contributed by atoms with Gasteiger partial charge in [0.15, 0.2) is 0 Å². The molecule has 0 aliphatic heterocycles. The van der Waals surface area contributed by atoms with Crippen molar-refractivity contribution in [2.24, 2.45) is 11.7 Å². The van der Waals surface area contributed by atoms with Crippen LogP contribution in [0.2, 0.25) is 0 Å². The van der Waals surface area contributed by atoms with E-state index >= 15 is 0 Å². The van der Waals surface area contributed by atoms with Crippen molar-refractivity contribution >= 4 is 0 Å². The fraction of sp³-hybridized carbons (Fsp3) is 1.00. The van der Waals surface area contributed by atoms with Gasteiger partial charge in [-0.3, -0.25) is 0 Å². The molecule has 0 heterocycles. The highest BCUT2D eigenvalue weighted by molar-refractivity contribution is 4.57. The second kappa shape index (κ2) is 4.74. The summed E-state index contributed by atoms with van der Waals surface area (Å²) < 4.78 is 12.4. The number of hydrogen-bond donors (Lipinski definition) is 1. The van der Waals surface area contributed by atoms with Crippen molar-refractivity contribution in [2.75, 3.05) is 6.54 Å². The van der Waals surface area contributed by atoms with Crippen LogP contribution in [0.5, 0.6) is 0 Å². The van der Waals surface area contributed by atoms with Crippen LogP contribution >= 0.6 is 0 Å². The van der Waals surface area contributed by atoms with Gasteiger partial charge in [-0.1, -0.05) is 13.8 Å². The summed E-state index contributed by atoms with van der Waals surface area (Å²) in [6, 6.07) is 0. The van der Waals surface area contributed by atoms with Crippen molar-refractivity contribution in [3.8, 4) is 0 Å². The molecular formula is C7H16FN. The van der Waals surface area contributed by atoms with Crippen molar-refractivity contribution in [1.82, 2.24) is 0 Å². The minimum atomic E-state index is -0.785. The van der Waals surface area contributed by atoms with Crippen LogP contribution in [0.25, 0.3) is 0 Å². The van der Waals surface area contributed by atoms with Gasteiger partial charge in [-0.25, -0.2) is 4.39 Å². The molecule has 1 atom stereocenters. The quantitative estimate of drug-likeness (QED) is 0.621. The third kappa shape index (κ3) is 5.77. The monoisotopic (exact) mass is 133 g/mol. The summed E-state index contributed by atoms with van der Waals surface area (Å²) in [5, 5.41) is 0. The fourth-order valence-electron chi connectivity index (χ4n) is 0.632. The Morgan fingerprint density at radius 3 is 2.22 bits per heavy atom. The standard InChI is InChI=1S/C7H16FN/c1-6(2)3-4-7(8)5-9/h6-7H,3-5,9H2,1-2H3/t7-/m1/s1. The van der Waals surface area contributed by atoms with Gasteiger partial charge in [0.25, 0.3) is 0 Å². The lowest BCUT2D eigenvalue weighted by Gasteiger charge is -2.06. The maximum atomic E-state index is 12.4. The largest absolute Gasteiger partial charge is 0.328 e. The molecule has 2 N–H and O–H groups in total. The van der Waals surface area contributed by atoms with E-state index in [1.807, 2.05) is 0 Å². The first-order valence-electron chi connectivity index (χ1n) is 3.51. The lowest BCUT2D eigenvalue weighted by Crippen LogP contribution is -2.15. The Hall–Kier alpha value is -0.110. The van der Waals surface area contributed by atoms with E-state index in [4.69, 9.17) is 5.73 Å². The molecule has 0 aromatic rings. The molecule has 0 unspecified atom stereocenters. The topological polar surface area (TPSA) is 26.0 Å². The van der Waals surface area contributed by atoms with Gasteiger partial charge in [-0.05, 0) is 18.8 Å². The number of alkyl halides is 1. The van der Waals surface area contributed by atoms with Crippen LogP contribution in [0.15, 0.2) is 0 Å². The average Bonchev–Trinajstić information content (AvgIpc) is 1.83. The van der Waals surface area contributed by atoms with E-state index in [2.05, 4.69) is 13.8 Å². The smallest absolute Gasteiger partial charge is 0.112 e. The van der Waals surface area contributed by atoms with Crippen LogP contribution in [0.1, 0.15) is 26.7 Å². The van der Waals surface area contributed by atoms with Crippen LogP contribution in [0.3, 0.4) is 0 Å². The Kier molecular flexibility index (Phi) is 4.68. The first kappa shape index (κ1) is 8.89. The maximum Gasteiger partial charge on any atom is 0.112 e. The third-order valence-corrected chi connectivity index (χ3v) is 1.31. The molecule has 0 aliphatic rings. The summed E-state index contributed by atoms with van der Waals surface area (Å²) >= 11 is 0. The zero-order valence-electron chi connectivity index (χ0n) is 6.23. The van der Waals surface area contributed by atoms with Crippen LogP contribution in [0.4, 0.5) is 4.39 Å². The Morgan fingerprint density at radius 1 is 1.33 bits per heavy atom. The predicted octanol–water partition coefficient (Wildman–Crippen LogP) is 1.72. The zero-order chi connectivity index (χ0) is 7.28. The van der Waals surface area contributed by atoms with E-state index in [1.54, 1.807) is 0 Å². The summed E-state index contributed by atoms with van der Waals surface area (Å²) in [5.74, 6) is 0.592. The Bertz CT molecular complexity index is 63.9. The molecule has 0 rings (SSSR count). The van der Waals surface area contributed by atoms with E-state index in [0.717, 1.165) is 6.42 Å². The number of rotatable bonds is 4. The highest BCUT2D eigenvalue weighted by atomic mass is 19.1. The molecule has 0 aliphatic carbocycles. The summed E-state index contributed by atoms with van der Waals surface area (Å²) in [6.45, 7) is 4.35. The summed E-state index contributed by atoms with van der Waals surface area (Å²) in [4.78, 5) is 0. The van der Waals surface area contributed by atoms with Gasteiger partial charge in [0, 0.05) is 6.54 Å². The predicted molar refractivity (Wildman–Crippen MR) is 38.0 cm³/mol. The molecule has 2 heteroatoms. The molecule has 56 valence electrons.